The van der Waals surface area contributed by atoms with E-state index in [1.165, 1.54) is 122 Å². The van der Waals surface area contributed by atoms with E-state index in [0.717, 1.165) is 12.8 Å². The molecule has 1 heteroatoms. The topological polar surface area (TPSA) is 20.2 Å². The zero-order chi connectivity index (χ0) is 18.4. The van der Waals surface area contributed by atoms with Crippen LogP contribution in [0, 0.1) is 0 Å². The van der Waals surface area contributed by atoms with E-state index in [2.05, 4.69) is 13.8 Å². The van der Waals surface area contributed by atoms with Crippen molar-refractivity contribution in [1.29, 1.82) is 0 Å². The van der Waals surface area contributed by atoms with E-state index in [1.807, 2.05) is 0 Å². The first kappa shape index (κ1) is 25.0. The fraction of sp³-hybridized carbons (Fsp3) is 1.00. The number of unbranched alkanes of at least 4 members (excludes halogenated alkanes) is 17. The number of aliphatic hydroxyl groups excluding tert-OH is 1. The van der Waals surface area contributed by atoms with Crippen molar-refractivity contribution in [2.24, 2.45) is 0 Å². The standard InChI is InChI=1S/C24H50O/c1-3-5-7-9-11-12-13-14-15-17-19-21-23-24(25)22-20-18-16-10-8-6-4-2/h24-25H,3-23H2,1-2H3. The van der Waals surface area contributed by atoms with Crippen LogP contribution in [0.2, 0.25) is 0 Å². The van der Waals surface area contributed by atoms with Crippen molar-refractivity contribution >= 4 is 0 Å². The molecule has 0 aromatic rings. The molecule has 0 aromatic heterocycles. The number of hydrogen-bond acceptors (Lipinski definition) is 1. The van der Waals surface area contributed by atoms with Crippen molar-refractivity contribution in [2.75, 3.05) is 0 Å². The Morgan fingerprint density at radius 3 is 0.920 bits per heavy atom. The van der Waals surface area contributed by atoms with Gasteiger partial charge in [-0.15, -0.1) is 0 Å². The molecule has 0 fully saturated rings. The average molecular weight is 355 g/mol. The second-order valence-corrected chi connectivity index (χ2v) is 8.24. The molecule has 1 nitrogen and oxygen atoms in total. The summed E-state index contributed by atoms with van der Waals surface area (Å²) in [5.74, 6) is 0. The lowest BCUT2D eigenvalue weighted by Crippen LogP contribution is -2.05. The molecule has 0 bridgehead atoms. The summed E-state index contributed by atoms with van der Waals surface area (Å²) >= 11 is 0. The minimum atomic E-state index is -0.0289. The molecule has 0 aliphatic heterocycles. The van der Waals surface area contributed by atoms with Gasteiger partial charge >= 0.3 is 0 Å². The van der Waals surface area contributed by atoms with Crippen LogP contribution in [-0.2, 0) is 0 Å². The van der Waals surface area contributed by atoms with Gasteiger partial charge in [0.1, 0.15) is 0 Å². The molecule has 152 valence electrons. The summed E-state index contributed by atoms with van der Waals surface area (Å²) in [4.78, 5) is 0. The van der Waals surface area contributed by atoms with Crippen molar-refractivity contribution < 1.29 is 5.11 Å². The monoisotopic (exact) mass is 354 g/mol. The summed E-state index contributed by atoms with van der Waals surface area (Å²) in [6, 6.07) is 0. The summed E-state index contributed by atoms with van der Waals surface area (Å²) in [5.41, 5.74) is 0. The zero-order valence-corrected chi connectivity index (χ0v) is 17.9. The van der Waals surface area contributed by atoms with Gasteiger partial charge in [0.05, 0.1) is 6.10 Å². The molecule has 0 amide bonds. The minimum Gasteiger partial charge on any atom is -0.393 e. The van der Waals surface area contributed by atoms with Crippen LogP contribution >= 0.6 is 0 Å². The third-order valence-corrected chi connectivity index (χ3v) is 5.53. The molecular formula is C24H50O. The third-order valence-electron chi connectivity index (χ3n) is 5.53. The van der Waals surface area contributed by atoms with Crippen molar-refractivity contribution in [2.45, 2.75) is 155 Å². The van der Waals surface area contributed by atoms with Crippen LogP contribution in [0.1, 0.15) is 149 Å². The van der Waals surface area contributed by atoms with Gasteiger partial charge in [-0.25, -0.2) is 0 Å². The Balaban J connectivity index is 3.11. The Bertz CT molecular complexity index is 226. The van der Waals surface area contributed by atoms with Gasteiger partial charge in [-0.2, -0.15) is 0 Å². The van der Waals surface area contributed by atoms with Crippen LogP contribution in [0.4, 0.5) is 0 Å². The first-order valence-corrected chi connectivity index (χ1v) is 12.0. The fourth-order valence-corrected chi connectivity index (χ4v) is 3.70. The lowest BCUT2D eigenvalue weighted by molar-refractivity contribution is 0.147. The van der Waals surface area contributed by atoms with Crippen molar-refractivity contribution in [1.82, 2.24) is 0 Å². The normalized spacial score (nSPS) is 12.6. The molecular weight excluding hydrogens is 304 g/mol. The number of aliphatic hydroxyl groups is 1. The maximum atomic E-state index is 10.1. The Morgan fingerprint density at radius 2 is 0.640 bits per heavy atom. The predicted octanol–water partition coefficient (Wildman–Crippen LogP) is 8.58. The van der Waals surface area contributed by atoms with E-state index in [9.17, 15) is 5.11 Å². The fourth-order valence-electron chi connectivity index (χ4n) is 3.70. The van der Waals surface area contributed by atoms with Gasteiger partial charge in [0.2, 0.25) is 0 Å². The first-order chi connectivity index (χ1) is 12.3. The lowest BCUT2D eigenvalue weighted by atomic mass is 10.0. The van der Waals surface area contributed by atoms with E-state index in [-0.39, 0.29) is 6.10 Å². The van der Waals surface area contributed by atoms with E-state index in [1.54, 1.807) is 0 Å². The number of hydrogen-bond donors (Lipinski definition) is 1. The van der Waals surface area contributed by atoms with Crippen LogP contribution in [-0.4, -0.2) is 11.2 Å². The van der Waals surface area contributed by atoms with E-state index < -0.39 is 0 Å². The smallest absolute Gasteiger partial charge is 0.0540 e. The first-order valence-electron chi connectivity index (χ1n) is 12.0. The van der Waals surface area contributed by atoms with Gasteiger partial charge in [-0.3, -0.25) is 0 Å². The highest BCUT2D eigenvalue weighted by Gasteiger charge is 2.03. The minimum absolute atomic E-state index is 0.0289. The van der Waals surface area contributed by atoms with Crippen LogP contribution in [0.25, 0.3) is 0 Å². The molecule has 0 rings (SSSR count). The Morgan fingerprint density at radius 1 is 0.400 bits per heavy atom. The maximum Gasteiger partial charge on any atom is 0.0540 e. The highest BCUT2D eigenvalue weighted by Crippen LogP contribution is 2.15. The van der Waals surface area contributed by atoms with Crippen LogP contribution in [0.3, 0.4) is 0 Å². The quantitative estimate of drug-likeness (QED) is 0.205. The van der Waals surface area contributed by atoms with Crippen molar-refractivity contribution in [3.05, 3.63) is 0 Å². The van der Waals surface area contributed by atoms with Crippen molar-refractivity contribution in [3.8, 4) is 0 Å². The van der Waals surface area contributed by atoms with Crippen LogP contribution < -0.4 is 0 Å². The molecule has 1 N–H and O–H groups in total. The summed E-state index contributed by atoms with van der Waals surface area (Å²) in [6.45, 7) is 4.56. The molecule has 0 aliphatic rings. The van der Waals surface area contributed by atoms with Gasteiger partial charge in [0.25, 0.3) is 0 Å². The van der Waals surface area contributed by atoms with E-state index in [0.29, 0.717) is 0 Å². The predicted molar refractivity (Wildman–Crippen MR) is 114 cm³/mol. The highest BCUT2D eigenvalue weighted by molar-refractivity contribution is 4.57. The Hall–Kier alpha value is -0.0400. The zero-order valence-electron chi connectivity index (χ0n) is 17.9. The van der Waals surface area contributed by atoms with Gasteiger partial charge in [-0.1, -0.05) is 136 Å². The van der Waals surface area contributed by atoms with Crippen LogP contribution in [0.15, 0.2) is 0 Å². The molecule has 0 saturated carbocycles. The molecule has 0 aliphatic carbocycles. The Kier molecular flexibility index (Phi) is 22.0. The molecule has 0 aromatic carbocycles. The summed E-state index contributed by atoms with van der Waals surface area (Å²) in [7, 11) is 0. The van der Waals surface area contributed by atoms with E-state index >= 15 is 0 Å². The molecule has 25 heavy (non-hydrogen) atoms. The molecule has 0 spiro atoms. The van der Waals surface area contributed by atoms with E-state index in [4.69, 9.17) is 0 Å². The molecule has 1 unspecified atom stereocenters. The summed E-state index contributed by atoms with van der Waals surface area (Å²) < 4.78 is 0. The van der Waals surface area contributed by atoms with Crippen LogP contribution in [0.5, 0.6) is 0 Å². The van der Waals surface area contributed by atoms with Gasteiger partial charge in [0, 0.05) is 0 Å². The number of rotatable bonds is 21. The van der Waals surface area contributed by atoms with Crippen molar-refractivity contribution in [3.63, 3.8) is 0 Å². The van der Waals surface area contributed by atoms with Gasteiger partial charge in [-0.05, 0) is 12.8 Å². The third kappa shape index (κ3) is 21.9. The van der Waals surface area contributed by atoms with Gasteiger partial charge < -0.3 is 5.11 Å². The average Bonchev–Trinajstić information content (AvgIpc) is 2.62. The largest absolute Gasteiger partial charge is 0.393 e. The molecule has 0 heterocycles. The second kappa shape index (κ2) is 22.0. The van der Waals surface area contributed by atoms with Gasteiger partial charge in [0.15, 0.2) is 0 Å². The maximum absolute atomic E-state index is 10.1. The second-order valence-electron chi connectivity index (χ2n) is 8.24. The molecule has 0 saturated heterocycles. The molecule has 1 atom stereocenters. The molecule has 0 radical (unpaired) electrons. The summed E-state index contributed by atoms with van der Waals surface area (Å²) in [5, 5.41) is 10.1. The highest BCUT2D eigenvalue weighted by atomic mass is 16.3. The SMILES string of the molecule is CCCCCCCCCCCCCCC(O)CCCCCCCCC. The lowest BCUT2D eigenvalue weighted by Gasteiger charge is -2.10. The Labute approximate surface area is 160 Å². The summed E-state index contributed by atoms with van der Waals surface area (Å²) in [6.07, 6.45) is 28.2.